The van der Waals surface area contributed by atoms with E-state index in [9.17, 15) is 14.4 Å². The number of ether oxygens (including phenoxy) is 2. The molecule has 1 atom stereocenters. The van der Waals surface area contributed by atoms with Gasteiger partial charge in [-0.1, -0.05) is 0 Å². The third-order valence-electron chi connectivity index (χ3n) is 1.75. The van der Waals surface area contributed by atoms with Gasteiger partial charge in [0, 0.05) is 6.42 Å². The number of nitrogens with one attached hydrogen (secondary N) is 1. The smallest absolute Gasteiger partial charge is 0.408 e. The molecule has 17 heavy (non-hydrogen) atoms. The molecule has 0 aromatic carbocycles. The lowest BCUT2D eigenvalue weighted by Gasteiger charge is -2.21. The molecule has 6 nitrogen and oxygen atoms in total. The maximum Gasteiger partial charge on any atom is 0.408 e. The van der Waals surface area contributed by atoms with Gasteiger partial charge in [0.15, 0.2) is 0 Å². The number of methoxy groups -OCH3 is 1. The highest BCUT2D eigenvalue weighted by atomic mass is 16.6. The average molecular weight is 245 g/mol. The summed E-state index contributed by atoms with van der Waals surface area (Å²) >= 11 is 0. The molecule has 0 unspecified atom stereocenters. The van der Waals surface area contributed by atoms with Crippen molar-refractivity contribution in [3.63, 3.8) is 0 Å². The van der Waals surface area contributed by atoms with Gasteiger partial charge in [0.2, 0.25) is 0 Å². The molecule has 0 aliphatic carbocycles. The van der Waals surface area contributed by atoms with Crippen LogP contribution >= 0.6 is 0 Å². The van der Waals surface area contributed by atoms with Gasteiger partial charge in [0.05, 0.1) is 13.2 Å². The lowest BCUT2D eigenvalue weighted by atomic mass is 10.2. The summed E-state index contributed by atoms with van der Waals surface area (Å²) in [6, 6.07) is -0.746. The Kier molecular flexibility index (Phi) is 6.23. The molecule has 0 saturated carbocycles. The number of aldehydes is 1. The summed E-state index contributed by atoms with van der Waals surface area (Å²) in [5, 5.41) is 2.37. The molecule has 0 aliphatic rings. The summed E-state index contributed by atoms with van der Waals surface area (Å²) in [7, 11) is 1.26. The molecule has 0 radical (unpaired) electrons. The standard InChI is InChI=1S/C11H19NO5/c1-11(2,3)17-10(15)12-8(7-13)5-6-9(14)16-4/h7-8H,5-6H2,1-4H3,(H,12,15)/t8-/m1/s1. The van der Waals surface area contributed by atoms with E-state index in [0.29, 0.717) is 6.29 Å². The minimum atomic E-state index is -0.746. The largest absolute Gasteiger partial charge is 0.469 e. The zero-order valence-corrected chi connectivity index (χ0v) is 10.6. The molecule has 0 fully saturated rings. The molecule has 0 heterocycles. The van der Waals surface area contributed by atoms with Crippen molar-refractivity contribution in [2.75, 3.05) is 7.11 Å². The van der Waals surface area contributed by atoms with Crippen molar-refractivity contribution >= 4 is 18.3 Å². The molecule has 0 rings (SSSR count). The highest BCUT2D eigenvalue weighted by molar-refractivity contribution is 5.74. The lowest BCUT2D eigenvalue weighted by molar-refractivity contribution is -0.140. The van der Waals surface area contributed by atoms with Crippen molar-refractivity contribution in [3.05, 3.63) is 0 Å². The molecule has 6 heteroatoms. The second-order valence-corrected chi connectivity index (χ2v) is 4.50. The van der Waals surface area contributed by atoms with Crippen LogP contribution in [0.3, 0.4) is 0 Å². The van der Waals surface area contributed by atoms with Crippen LogP contribution in [0.5, 0.6) is 0 Å². The Morgan fingerprint density at radius 3 is 2.35 bits per heavy atom. The van der Waals surface area contributed by atoms with Crippen LogP contribution in [0, 0.1) is 0 Å². The molecule has 0 aromatic heterocycles. The van der Waals surface area contributed by atoms with Gasteiger partial charge in [-0.2, -0.15) is 0 Å². The van der Waals surface area contributed by atoms with E-state index in [2.05, 4.69) is 10.1 Å². The van der Waals surface area contributed by atoms with Crippen LogP contribution < -0.4 is 5.32 Å². The third kappa shape index (κ3) is 8.24. The second kappa shape index (κ2) is 6.88. The topological polar surface area (TPSA) is 81.7 Å². The summed E-state index contributed by atoms with van der Waals surface area (Å²) in [4.78, 5) is 32.9. The summed E-state index contributed by atoms with van der Waals surface area (Å²) in [5.74, 6) is -0.428. The molecular weight excluding hydrogens is 226 g/mol. The van der Waals surface area contributed by atoms with Crippen LogP contribution in [-0.2, 0) is 19.1 Å². The average Bonchev–Trinajstić information content (AvgIpc) is 2.20. The molecule has 0 saturated heterocycles. The maximum atomic E-state index is 11.3. The number of esters is 1. The Hall–Kier alpha value is -1.59. The van der Waals surface area contributed by atoms with Gasteiger partial charge in [0.1, 0.15) is 11.9 Å². The Bertz CT molecular complexity index is 282. The van der Waals surface area contributed by atoms with E-state index < -0.39 is 23.7 Å². The fourth-order valence-corrected chi connectivity index (χ4v) is 1.01. The van der Waals surface area contributed by atoms with Crippen LogP contribution in [0.15, 0.2) is 0 Å². The number of amides is 1. The van der Waals surface area contributed by atoms with Gasteiger partial charge in [-0.05, 0) is 27.2 Å². The molecular formula is C11H19NO5. The zero-order chi connectivity index (χ0) is 13.5. The number of carbonyl (C=O) groups is 3. The number of hydrogen-bond acceptors (Lipinski definition) is 5. The number of rotatable bonds is 5. The summed E-state index contributed by atoms with van der Waals surface area (Å²) < 4.78 is 9.41. The van der Waals surface area contributed by atoms with Crippen LogP contribution in [0.2, 0.25) is 0 Å². The van der Waals surface area contributed by atoms with Crippen LogP contribution in [0.4, 0.5) is 4.79 Å². The highest BCUT2D eigenvalue weighted by Gasteiger charge is 2.19. The van der Waals surface area contributed by atoms with Crippen molar-refractivity contribution < 1.29 is 23.9 Å². The van der Waals surface area contributed by atoms with Gasteiger partial charge in [-0.25, -0.2) is 4.79 Å². The van der Waals surface area contributed by atoms with E-state index in [0.717, 1.165) is 0 Å². The van der Waals surface area contributed by atoms with Gasteiger partial charge in [-0.15, -0.1) is 0 Å². The zero-order valence-electron chi connectivity index (χ0n) is 10.6. The number of alkyl carbamates (subject to hydrolysis) is 1. The van der Waals surface area contributed by atoms with Gasteiger partial charge >= 0.3 is 12.1 Å². The molecule has 98 valence electrons. The Morgan fingerprint density at radius 1 is 1.35 bits per heavy atom. The Balaban J connectivity index is 4.09. The van der Waals surface area contributed by atoms with E-state index in [1.165, 1.54) is 7.11 Å². The quantitative estimate of drug-likeness (QED) is 0.578. The first kappa shape index (κ1) is 15.4. The summed E-state index contributed by atoms with van der Waals surface area (Å²) in [6.07, 6.45) is 0.136. The lowest BCUT2D eigenvalue weighted by Crippen LogP contribution is -2.40. The van der Waals surface area contributed by atoms with E-state index >= 15 is 0 Å². The van der Waals surface area contributed by atoms with E-state index in [1.54, 1.807) is 20.8 Å². The summed E-state index contributed by atoms with van der Waals surface area (Å²) in [6.45, 7) is 5.16. The maximum absolute atomic E-state index is 11.3. The Morgan fingerprint density at radius 2 is 1.94 bits per heavy atom. The van der Waals surface area contributed by atoms with E-state index in [4.69, 9.17) is 4.74 Å². The second-order valence-electron chi connectivity index (χ2n) is 4.50. The molecule has 1 amide bonds. The van der Waals surface area contributed by atoms with Crippen molar-refractivity contribution in [1.29, 1.82) is 0 Å². The number of carbonyl (C=O) groups excluding carboxylic acids is 3. The first-order chi connectivity index (χ1) is 7.78. The van der Waals surface area contributed by atoms with Crippen molar-refractivity contribution in [2.45, 2.75) is 45.3 Å². The molecule has 0 bridgehead atoms. The fourth-order valence-electron chi connectivity index (χ4n) is 1.01. The first-order valence-electron chi connectivity index (χ1n) is 5.30. The van der Waals surface area contributed by atoms with Crippen molar-refractivity contribution in [1.82, 2.24) is 5.32 Å². The van der Waals surface area contributed by atoms with Crippen molar-refractivity contribution in [3.8, 4) is 0 Å². The minimum absolute atomic E-state index is 0.0652. The van der Waals surface area contributed by atoms with Crippen LogP contribution in [-0.4, -0.2) is 37.1 Å². The molecule has 1 N–H and O–H groups in total. The summed E-state index contributed by atoms with van der Waals surface area (Å²) in [5.41, 5.74) is -0.625. The monoisotopic (exact) mass is 245 g/mol. The molecule has 0 spiro atoms. The van der Waals surface area contributed by atoms with Gasteiger partial charge in [0.25, 0.3) is 0 Å². The van der Waals surface area contributed by atoms with Crippen LogP contribution in [0.25, 0.3) is 0 Å². The highest BCUT2D eigenvalue weighted by Crippen LogP contribution is 2.07. The number of hydrogen-bond donors (Lipinski definition) is 1. The predicted molar refractivity (Wildman–Crippen MR) is 60.5 cm³/mol. The normalized spacial score (nSPS) is 12.5. The first-order valence-corrected chi connectivity index (χ1v) is 5.30. The SMILES string of the molecule is COC(=O)CC[C@H](C=O)NC(=O)OC(C)(C)C. The molecule has 0 aliphatic heterocycles. The van der Waals surface area contributed by atoms with Gasteiger partial charge in [-0.3, -0.25) is 4.79 Å². The van der Waals surface area contributed by atoms with Crippen molar-refractivity contribution in [2.24, 2.45) is 0 Å². The predicted octanol–water partition coefficient (Wildman–Crippen LogP) is 1.03. The van der Waals surface area contributed by atoms with E-state index in [1.807, 2.05) is 0 Å². The molecule has 0 aromatic rings. The van der Waals surface area contributed by atoms with Crippen LogP contribution in [0.1, 0.15) is 33.6 Å². The van der Waals surface area contributed by atoms with Gasteiger partial charge < -0.3 is 19.6 Å². The third-order valence-corrected chi connectivity index (χ3v) is 1.75. The minimum Gasteiger partial charge on any atom is -0.469 e. The van der Waals surface area contributed by atoms with E-state index in [-0.39, 0.29) is 12.8 Å². The Labute approximate surface area is 101 Å². The fraction of sp³-hybridized carbons (Fsp3) is 0.727.